The summed E-state index contributed by atoms with van der Waals surface area (Å²) >= 11 is 1.70. The molecule has 3 heterocycles. The van der Waals surface area contributed by atoms with E-state index in [-0.39, 0.29) is 0 Å². The van der Waals surface area contributed by atoms with Crippen molar-refractivity contribution in [1.82, 2.24) is 19.8 Å². The monoisotopic (exact) mass is 378 g/mol. The maximum Gasteiger partial charge on any atom is 0.182 e. The van der Waals surface area contributed by atoms with E-state index in [1.54, 1.807) is 11.3 Å². The molecule has 7 heteroatoms. The first-order valence-electron chi connectivity index (χ1n) is 9.84. The average Bonchev–Trinajstić information content (AvgIpc) is 3.27. The fraction of sp³-hybridized carbons (Fsp3) is 0.737. The molecule has 1 aromatic heterocycles. The first kappa shape index (κ1) is 19.6. The minimum absolute atomic E-state index is 0.355. The number of allylic oxidation sites excluding steroid dienone is 1. The Morgan fingerprint density at radius 2 is 2.04 bits per heavy atom. The van der Waals surface area contributed by atoms with E-state index < -0.39 is 0 Å². The van der Waals surface area contributed by atoms with Crippen molar-refractivity contribution in [3.8, 4) is 0 Å². The summed E-state index contributed by atoms with van der Waals surface area (Å²) in [6, 6.07) is 0.788. The SMILES string of the molecule is C=C(C(C)C)N1CCN(C(C)c2csc(NCC3CCCN3N)n2)CC1. The van der Waals surface area contributed by atoms with Crippen LogP contribution >= 0.6 is 11.3 Å². The molecule has 0 saturated carbocycles. The Morgan fingerprint density at radius 3 is 2.65 bits per heavy atom. The third-order valence-electron chi connectivity index (χ3n) is 5.80. The highest BCUT2D eigenvalue weighted by molar-refractivity contribution is 7.13. The van der Waals surface area contributed by atoms with Crippen LogP contribution in [0.4, 0.5) is 5.13 Å². The van der Waals surface area contributed by atoms with Gasteiger partial charge in [0.05, 0.1) is 11.7 Å². The van der Waals surface area contributed by atoms with E-state index in [0.717, 1.165) is 44.4 Å². The molecule has 2 aliphatic rings. The van der Waals surface area contributed by atoms with Crippen molar-refractivity contribution < 1.29 is 0 Å². The van der Waals surface area contributed by atoms with Crippen molar-refractivity contribution in [3.63, 3.8) is 0 Å². The summed E-state index contributed by atoms with van der Waals surface area (Å²) in [6.07, 6.45) is 2.36. The van der Waals surface area contributed by atoms with Gasteiger partial charge in [-0.05, 0) is 25.7 Å². The number of rotatable bonds is 7. The Labute approximate surface area is 162 Å². The molecule has 0 aliphatic carbocycles. The molecule has 2 atom stereocenters. The van der Waals surface area contributed by atoms with E-state index in [1.165, 1.54) is 24.2 Å². The second-order valence-electron chi connectivity index (χ2n) is 7.84. The number of nitrogens with two attached hydrogens (primary N) is 1. The summed E-state index contributed by atoms with van der Waals surface area (Å²) in [4.78, 5) is 9.79. The molecule has 2 saturated heterocycles. The summed E-state index contributed by atoms with van der Waals surface area (Å²) < 4.78 is 0. The van der Waals surface area contributed by atoms with E-state index in [0.29, 0.717) is 18.0 Å². The van der Waals surface area contributed by atoms with Crippen molar-refractivity contribution in [2.75, 3.05) is 44.6 Å². The smallest absolute Gasteiger partial charge is 0.182 e. The van der Waals surface area contributed by atoms with Crippen molar-refractivity contribution in [2.45, 2.75) is 45.7 Å². The van der Waals surface area contributed by atoms with E-state index >= 15 is 0 Å². The van der Waals surface area contributed by atoms with Crippen LogP contribution < -0.4 is 11.2 Å². The number of hydrogen-bond acceptors (Lipinski definition) is 7. The molecule has 2 unspecified atom stereocenters. The Morgan fingerprint density at radius 1 is 1.31 bits per heavy atom. The lowest BCUT2D eigenvalue weighted by atomic mass is 10.1. The highest BCUT2D eigenvalue weighted by atomic mass is 32.1. The topological polar surface area (TPSA) is 60.7 Å². The summed E-state index contributed by atoms with van der Waals surface area (Å²) in [6.45, 7) is 17.1. The lowest BCUT2D eigenvalue weighted by Crippen LogP contribution is -2.47. The first-order chi connectivity index (χ1) is 12.5. The van der Waals surface area contributed by atoms with Gasteiger partial charge in [0.25, 0.3) is 0 Å². The van der Waals surface area contributed by atoms with Crippen molar-refractivity contribution in [1.29, 1.82) is 0 Å². The fourth-order valence-electron chi connectivity index (χ4n) is 3.79. The average molecular weight is 379 g/mol. The molecule has 3 rings (SSSR count). The van der Waals surface area contributed by atoms with Gasteiger partial charge in [-0.25, -0.2) is 9.99 Å². The molecule has 2 fully saturated rings. The van der Waals surface area contributed by atoms with Gasteiger partial charge in [0, 0.05) is 56.4 Å². The molecule has 146 valence electrons. The number of nitrogens with zero attached hydrogens (tertiary/aromatic N) is 4. The van der Waals surface area contributed by atoms with Crippen LogP contribution in [0.5, 0.6) is 0 Å². The van der Waals surface area contributed by atoms with Crippen LogP contribution in [0.1, 0.15) is 45.3 Å². The molecule has 1 aromatic rings. The van der Waals surface area contributed by atoms with Gasteiger partial charge < -0.3 is 10.2 Å². The molecule has 26 heavy (non-hydrogen) atoms. The highest BCUT2D eigenvalue weighted by Crippen LogP contribution is 2.27. The van der Waals surface area contributed by atoms with E-state index in [9.17, 15) is 0 Å². The third kappa shape index (κ3) is 4.57. The molecule has 0 amide bonds. The van der Waals surface area contributed by atoms with E-state index in [1.807, 2.05) is 5.01 Å². The van der Waals surface area contributed by atoms with Gasteiger partial charge in [-0.3, -0.25) is 10.7 Å². The van der Waals surface area contributed by atoms with Gasteiger partial charge in [0.1, 0.15) is 0 Å². The lowest BCUT2D eigenvalue weighted by Gasteiger charge is -2.40. The number of aromatic nitrogens is 1. The summed E-state index contributed by atoms with van der Waals surface area (Å²) in [7, 11) is 0. The highest BCUT2D eigenvalue weighted by Gasteiger charge is 2.25. The van der Waals surface area contributed by atoms with Crippen LogP contribution in [0.15, 0.2) is 17.7 Å². The molecule has 0 spiro atoms. The predicted octanol–water partition coefficient (Wildman–Crippen LogP) is 2.74. The predicted molar refractivity (Wildman–Crippen MR) is 110 cm³/mol. The number of hydrogen-bond donors (Lipinski definition) is 2. The van der Waals surface area contributed by atoms with Crippen LogP contribution in [0, 0.1) is 5.92 Å². The van der Waals surface area contributed by atoms with Gasteiger partial charge in [-0.15, -0.1) is 11.3 Å². The molecule has 0 bridgehead atoms. The standard InChI is InChI=1S/C19H34N6S/c1-14(2)15(3)23-8-10-24(11-9-23)16(4)18-13-26-19(22-18)21-12-17-6-5-7-25(17)20/h13-14,16-17H,3,5-12,20H2,1-2,4H3,(H,21,22). The molecular formula is C19H34N6S. The maximum atomic E-state index is 6.00. The largest absolute Gasteiger partial charge is 0.373 e. The van der Waals surface area contributed by atoms with Crippen LogP contribution in [0.2, 0.25) is 0 Å². The van der Waals surface area contributed by atoms with Crippen molar-refractivity contribution >= 4 is 16.5 Å². The van der Waals surface area contributed by atoms with Crippen LogP contribution in [-0.4, -0.2) is 65.1 Å². The molecule has 3 N–H and O–H groups in total. The Balaban J connectivity index is 1.49. The number of thiazole rings is 1. The number of piperazine rings is 1. The lowest BCUT2D eigenvalue weighted by molar-refractivity contribution is 0.116. The summed E-state index contributed by atoms with van der Waals surface area (Å²) in [5, 5.41) is 8.64. The molecule has 6 nitrogen and oxygen atoms in total. The first-order valence-corrected chi connectivity index (χ1v) is 10.7. The zero-order chi connectivity index (χ0) is 18.7. The van der Waals surface area contributed by atoms with Gasteiger partial charge in [-0.2, -0.15) is 0 Å². The van der Waals surface area contributed by atoms with Crippen LogP contribution in [0.25, 0.3) is 0 Å². The second-order valence-corrected chi connectivity index (χ2v) is 8.70. The summed E-state index contributed by atoms with van der Waals surface area (Å²) in [5.74, 6) is 6.53. The number of hydrazine groups is 1. The number of anilines is 1. The van der Waals surface area contributed by atoms with E-state index in [2.05, 4.69) is 47.8 Å². The van der Waals surface area contributed by atoms with E-state index in [4.69, 9.17) is 10.8 Å². The van der Waals surface area contributed by atoms with Gasteiger partial charge in [0.15, 0.2) is 5.13 Å². The van der Waals surface area contributed by atoms with Gasteiger partial charge in [-0.1, -0.05) is 20.4 Å². The van der Waals surface area contributed by atoms with Gasteiger partial charge in [0.2, 0.25) is 0 Å². The van der Waals surface area contributed by atoms with Crippen molar-refractivity contribution in [3.05, 3.63) is 23.3 Å². The molecule has 0 aromatic carbocycles. The zero-order valence-corrected chi connectivity index (χ0v) is 17.3. The minimum Gasteiger partial charge on any atom is -0.373 e. The normalized spacial score (nSPS) is 23.6. The second kappa shape index (κ2) is 8.69. The maximum absolute atomic E-state index is 6.00. The molecule has 0 radical (unpaired) electrons. The Bertz CT molecular complexity index is 593. The fourth-order valence-corrected chi connectivity index (χ4v) is 4.60. The molecule has 2 aliphatic heterocycles. The number of nitrogens with one attached hydrogen (secondary N) is 1. The minimum atomic E-state index is 0.355. The zero-order valence-electron chi connectivity index (χ0n) is 16.4. The van der Waals surface area contributed by atoms with Crippen LogP contribution in [-0.2, 0) is 0 Å². The van der Waals surface area contributed by atoms with Crippen molar-refractivity contribution in [2.24, 2.45) is 11.8 Å². The Hall–Kier alpha value is -1.15. The quantitative estimate of drug-likeness (QED) is 0.712. The third-order valence-corrected chi connectivity index (χ3v) is 6.61. The Kier molecular flexibility index (Phi) is 6.55. The summed E-state index contributed by atoms with van der Waals surface area (Å²) in [5.41, 5.74) is 2.43. The van der Waals surface area contributed by atoms with Gasteiger partial charge >= 0.3 is 0 Å². The van der Waals surface area contributed by atoms with Crippen LogP contribution in [0.3, 0.4) is 0 Å². The molecular weight excluding hydrogens is 344 g/mol.